The van der Waals surface area contributed by atoms with Gasteiger partial charge in [-0.1, -0.05) is 0 Å². The summed E-state index contributed by atoms with van der Waals surface area (Å²) in [6, 6.07) is 0. The van der Waals surface area contributed by atoms with Crippen LogP contribution in [-0.2, 0) is 4.74 Å². The van der Waals surface area contributed by atoms with Crippen LogP contribution >= 0.6 is 0 Å². The summed E-state index contributed by atoms with van der Waals surface area (Å²) in [5.74, 6) is 1.07. The molecule has 1 aromatic heterocycles. The molecule has 0 aromatic carbocycles. The van der Waals surface area contributed by atoms with Crippen molar-refractivity contribution in [1.82, 2.24) is 15.3 Å². The van der Waals surface area contributed by atoms with Gasteiger partial charge in [0, 0.05) is 13.1 Å². The second-order valence-electron chi connectivity index (χ2n) is 4.80. The van der Waals surface area contributed by atoms with Crippen molar-refractivity contribution in [3.8, 4) is 5.75 Å². The van der Waals surface area contributed by atoms with Crippen molar-refractivity contribution in [2.45, 2.75) is 26.4 Å². The number of amides is 1. The molecule has 0 saturated carbocycles. The van der Waals surface area contributed by atoms with E-state index >= 15 is 0 Å². The van der Waals surface area contributed by atoms with Crippen LogP contribution in [0.25, 0.3) is 0 Å². The molecule has 1 amide bonds. The number of hydrogen-bond donors (Lipinski definition) is 2. The number of anilines is 1. The Bertz CT molecular complexity index is 400. The lowest BCUT2D eigenvalue weighted by Gasteiger charge is -2.19. The summed E-state index contributed by atoms with van der Waals surface area (Å²) < 4.78 is 10.0. The Labute approximate surface area is 112 Å². The number of nitrogens with one attached hydrogen (secondary N) is 2. The standard InChI is InChI=1S/C12H20N4O3/c1-12(2,3)19-11(17)14-6-5-13-10-15-7-9(18-4)8-16-10/h7-8H,5-6H2,1-4H3,(H,14,17)(H,13,15,16). The Morgan fingerprint density at radius 2 is 1.89 bits per heavy atom. The van der Waals surface area contributed by atoms with E-state index in [1.807, 2.05) is 20.8 Å². The van der Waals surface area contributed by atoms with Crippen LogP contribution in [0.4, 0.5) is 10.7 Å². The van der Waals surface area contributed by atoms with E-state index in [-0.39, 0.29) is 0 Å². The molecule has 0 atom stereocenters. The fourth-order valence-electron chi connectivity index (χ4n) is 1.17. The van der Waals surface area contributed by atoms with Gasteiger partial charge in [0.25, 0.3) is 0 Å². The largest absolute Gasteiger partial charge is 0.494 e. The quantitative estimate of drug-likeness (QED) is 0.786. The molecule has 0 aliphatic heterocycles. The van der Waals surface area contributed by atoms with Crippen molar-refractivity contribution in [3.05, 3.63) is 12.4 Å². The van der Waals surface area contributed by atoms with Crippen molar-refractivity contribution < 1.29 is 14.3 Å². The molecule has 19 heavy (non-hydrogen) atoms. The lowest BCUT2D eigenvalue weighted by molar-refractivity contribution is 0.0530. The van der Waals surface area contributed by atoms with E-state index in [0.717, 1.165) is 0 Å². The molecule has 0 unspecified atom stereocenters. The maximum atomic E-state index is 11.3. The number of methoxy groups -OCH3 is 1. The van der Waals surface area contributed by atoms with Crippen molar-refractivity contribution >= 4 is 12.0 Å². The molecule has 0 bridgehead atoms. The normalized spacial score (nSPS) is 10.7. The number of carbonyl (C=O) groups excluding carboxylic acids is 1. The van der Waals surface area contributed by atoms with Crippen molar-refractivity contribution in [2.75, 3.05) is 25.5 Å². The van der Waals surface area contributed by atoms with E-state index in [2.05, 4.69) is 20.6 Å². The Hall–Kier alpha value is -2.05. The fraction of sp³-hybridized carbons (Fsp3) is 0.583. The minimum absolute atomic E-state index is 0.421. The van der Waals surface area contributed by atoms with Gasteiger partial charge in [-0.2, -0.15) is 0 Å². The van der Waals surface area contributed by atoms with Gasteiger partial charge in [-0.15, -0.1) is 0 Å². The first-order valence-electron chi connectivity index (χ1n) is 5.97. The zero-order valence-electron chi connectivity index (χ0n) is 11.7. The number of aromatic nitrogens is 2. The first-order valence-corrected chi connectivity index (χ1v) is 5.97. The van der Waals surface area contributed by atoms with Gasteiger partial charge in [-0.05, 0) is 20.8 Å². The van der Waals surface area contributed by atoms with Gasteiger partial charge in [0.15, 0.2) is 5.75 Å². The molecule has 2 N–H and O–H groups in total. The minimum Gasteiger partial charge on any atom is -0.494 e. The van der Waals surface area contributed by atoms with E-state index < -0.39 is 11.7 Å². The van der Waals surface area contributed by atoms with E-state index in [1.54, 1.807) is 19.5 Å². The third-order valence-corrected chi connectivity index (χ3v) is 1.94. The van der Waals surface area contributed by atoms with Crippen LogP contribution in [0.15, 0.2) is 12.4 Å². The average Bonchev–Trinajstić information content (AvgIpc) is 2.33. The van der Waals surface area contributed by atoms with Crippen LogP contribution in [-0.4, -0.2) is 41.9 Å². The predicted molar refractivity (Wildman–Crippen MR) is 71.3 cm³/mol. The Balaban J connectivity index is 2.21. The van der Waals surface area contributed by atoms with Crippen LogP contribution in [0.3, 0.4) is 0 Å². The van der Waals surface area contributed by atoms with Crippen LogP contribution in [0.1, 0.15) is 20.8 Å². The van der Waals surface area contributed by atoms with Gasteiger partial charge in [0.2, 0.25) is 5.95 Å². The fourth-order valence-corrected chi connectivity index (χ4v) is 1.17. The summed E-state index contributed by atoms with van der Waals surface area (Å²) in [5.41, 5.74) is -0.489. The first-order chi connectivity index (χ1) is 8.90. The molecule has 1 heterocycles. The molecule has 0 spiro atoms. The summed E-state index contributed by atoms with van der Waals surface area (Å²) in [4.78, 5) is 19.4. The summed E-state index contributed by atoms with van der Waals surface area (Å²) in [7, 11) is 1.55. The van der Waals surface area contributed by atoms with Gasteiger partial charge < -0.3 is 20.1 Å². The number of nitrogens with zero attached hydrogens (tertiary/aromatic N) is 2. The summed E-state index contributed by atoms with van der Waals surface area (Å²) >= 11 is 0. The van der Waals surface area contributed by atoms with E-state index in [1.165, 1.54) is 0 Å². The molecule has 7 nitrogen and oxygen atoms in total. The van der Waals surface area contributed by atoms with Crippen LogP contribution in [0.2, 0.25) is 0 Å². The van der Waals surface area contributed by atoms with Crippen LogP contribution in [0.5, 0.6) is 5.75 Å². The average molecular weight is 268 g/mol. The smallest absolute Gasteiger partial charge is 0.407 e. The Kier molecular flexibility index (Phi) is 5.35. The highest BCUT2D eigenvalue weighted by Crippen LogP contribution is 2.07. The number of carbonyl (C=O) groups is 1. The van der Waals surface area contributed by atoms with Crippen molar-refractivity contribution in [1.29, 1.82) is 0 Å². The van der Waals surface area contributed by atoms with Crippen molar-refractivity contribution in [2.24, 2.45) is 0 Å². The molecule has 1 aromatic rings. The first kappa shape index (κ1) is 15.0. The van der Waals surface area contributed by atoms with Gasteiger partial charge in [-0.25, -0.2) is 14.8 Å². The number of ether oxygens (including phenoxy) is 2. The molecule has 0 aliphatic rings. The van der Waals surface area contributed by atoms with Crippen molar-refractivity contribution in [3.63, 3.8) is 0 Å². The molecule has 1 rings (SSSR count). The third-order valence-electron chi connectivity index (χ3n) is 1.94. The minimum atomic E-state index is -0.489. The summed E-state index contributed by atoms with van der Waals surface area (Å²) in [5, 5.41) is 5.59. The lowest BCUT2D eigenvalue weighted by atomic mass is 10.2. The van der Waals surface area contributed by atoms with E-state index in [9.17, 15) is 4.79 Å². The van der Waals surface area contributed by atoms with E-state index in [0.29, 0.717) is 24.8 Å². The SMILES string of the molecule is COc1cnc(NCCNC(=O)OC(C)(C)C)nc1. The predicted octanol–water partition coefficient (Wildman–Crippen LogP) is 1.42. The van der Waals surface area contributed by atoms with E-state index in [4.69, 9.17) is 9.47 Å². The highest BCUT2D eigenvalue weighted by Gasteiger charge is 2.15. The number of hydrogen-bond acceptors (Lipinski definition) is 6. The lowest BCUT2D eigenvalue weighted by Crippen LogP contribution is -2.35. The highest BCUT2D eigenvalue weighted by atomic mass is 16.6. The Morgan fingerprint density at radius 1 is 1.26 bits per heavy atom. The zero-order chi connectivity index (χ0) is 14.3. The van der Waals surface area contributed by atoms with Crippen LogP contribution in [0, 0.1) is 0 Å². The molecular formula is C12H20N4O3. The Morgan fingerprint density at radius 3 is 2.42 bits per heavy atom. The van der Waals surface area contributed by atoms with Gasteiger partial charge in [0.05, 0.1) is 19.5 Å². The van der Waals surface area contributed by atoms with Gasteiger partial charge in [-0.3, -0.25) is 0 Å². The summed E-state index contributed by atoms with van der Waals surface area (Å²) in [6.07, 6.45) is 2.69. The maximum absolute atomic E-state index is 11.3. The second kappa shape index (κ2) is 6.77. The maximum Gasteiger partial charge on any atom is 0.407 e. The highest BCUT2D eigenvalue weighted by molar-refractivity contribution is 5.67. The number of alkyl carbamates (subject to hydrolysis) is 1. The monoisotopic (exact) mass is 268 g/mol. The van der Waals surface area contributed by atoms with Crippen LogP contribution < -0.4 is 15.4 Å². The third kappa shape index (κ3) is 6.44. The topological polar surface area (TPSA) is 85.4 Å². The molecule has 0 saturated heterocycles. The molecule has 7 heteroatoms. The molecule has 0 aliphatic carbocycles. The van der Waals surface area contributed by atoms with Gasteiger partial charge in [0.1, 0.15) is 5.60 Å². The molecule has 0 fully saturated rings. The molecular weight excluding hydrogens is 248 g/mol. The van der Waals surface area contributed by atoms with Gasteiger partial charge >= 0.3 is 6.09 Å². The summed E-state index contributed by atoms with van der Waals surface area (Å²) in [6.45, 7) is 6.37. The second-order valence-corrected chi connectivity index (χ2v) is 4.80. The number of rotatable bonds is 5. The zero-order valence-corrected chi connectivity index (χ0v) is 11.7. The molecule has 0 radical (unpaired) electrons. The molecule has 106 valence electrons.